The van der Waals surface area contributed by atoms with Crippen LogP contribution in [0.3, 0.4) is 0 Å². The Morgan fingerprint density at radius 1 is 1.25 bits per heavy atom. The van der Waals surface area contributed by atoms with Gasteiger partial charge in [-0.25, -0.2) is 14.8 Å². The van der Waals surface area contributed by atoms with Crippen LogP contribution in [-0.4, -0.2) is 51.4 Å². The van der Waals surface area contributed by atoms with Gasteiger partial charge in [-0.2, -0.15) is 0 Å². The summed E-state index contributed by atoms with van der Waals surface area (Å²) in [6, 6.07) is 3.27. The molecule has 8 nitrogen and oxygen atoms in total. The number of nitrogens with zero attached hydrogens (tertiary/aromatic N) is 4. The maximum Gasteiger partial charge on any atom is 0.328 e. The molecule has 2 aromatic rings. The van der Waals surface area contributed by atoms with Crippen molar-refractivity contribution >= 4 is 17.7 Å². The van der Waals surface area contributed by atoms with Crippen LogP contribution in [0.4, 0.5) is 5.82 Å². The molecule has 3 heterocycles. The summed E-state index contributed by atoms with van der Waals surface area (Å²) in [6.45, 7) is 2.61. The summed E-state index contributed by atoms with van der Waals surface area (Å²) in [5.41, 5.74) is 2.61. The summed E-state index contributed by atoms with van der Waals surface area (Å²) in [4.78, 5) is 39.4. The van der Waals surface area contributed by atoms with E-state index in [9.17, 15) is 9.59 Å². The minimum absolute atomic E-state index is 0.0228. The van der Waals surface area contributed by atoms with E-state index in [0.717, 1.165) is 29.7 Å². The van der Waals surface area contributed by atoms with Crippen molar-refractivity contribution < 1.29 is 14.3 Å². The van der Waals surface area contributed by atoms with E-state index in [1.54, 1.807) is 24.2 Å². The lowest BCUT2D eigenvalue weighted by Gasteiger charge is -2.29. The fourth-order valence-corrected chi connectivity index (χ4v) is 3.52. The van der Waals surface area contributed by atoms with Gasteiger partial charge >= 0.3 is 5.97 Å². The number of hydrogen-bond donors (Lipinski definition) is 1. The summed E-state index contributed by atoms with van der Waals surface area (Å²) in [5, 5.41) is 3.33. The van der Waals surface area contributed by atoms with Gasteiger partial charge in [-0.05, 0) is 37.3 Å². The number of esters is 1. The van der Waals surface area contributed by atoms with Crippen molar-refractivity contribution in [1.29, 1.82) is 0 Å². The van der Waals surface area contributed by atoms with E-state index in [0.29, 0.717) is 31.2 Å². The Hall–Kier alpha value is -3.03. The van der Waals surface area contributed by atoms with Gasteiger partial charge in [0.05, 0.1) is 19.3 Å². The van der Waals surface area contributed by atoms with E-state index in [-0.39, 0.29) is 17.8 Å². The van der Waals surface area contributed by atoms with Crippen molar-refractivity contribution in [2.45, 2.75) is 38.8 Å². The third-order valence-corrected chi connectivity index (χ3v) is 5.29. The molecule has 4 rings (SSSR count). The first-order chi connectivity index (χ1) is 13.6. The minimum atomic E-state index is -0.417. The molecule has 2 aromatic heterocycles. The summed E-state index contributed by atoms with van der Waals surface area (Å²) in [7, 11) is 1.40. The molecule has 0 saturated heterocycles. The highest BCUT2D eigenvalue weighted by atomic mass is 16.5. The topological polar surface area (TPSA) is 97.3 Å². The van der Waals surface area contributed by atoms with Gasteiger partial charge in [0.25, 0.3) is 0 Å². The second kappa shape index (κ2) is 7.53. The van der Waals surface area contributed by atoms with E-state index in [1.807, 2.05) is 12.1 Å². The average molecular weight is 381 g/mol. The molecular formula is C20H23N5O3. The number of anilines is 1. The zero-order chi connectivity index (χ0) is 19.7. The molecule has 0 radical (unpaired) electrons. The van der Waals surface area contributed by atoms with E-state index < -0.39 is 6.04 Å². The number of hydrogen-bond acceptors (Lipinski definition) is 7. The average Bonchev–Trinajstić information content (AvgIpc) is 3.56. The van der Waals surface area contributed by atoms with Gasteiger partial charge in [0.15, 0.2) is 5.82 Å². The lowest BCUT2D eigenvalue weighted by Crippen LogP contribution is -2.37. The van der Waals surface area contributed by atoms with Gasteiger partial charge in [0.1, 0.15) is 11.9 Å². The Morgan fingerprint density at radius 2 is 2.00 bits per heavy atom. The predicted molar refractivity (Wildman–Crippen MR) is 102 cm³/mol. The Labute approximate surface area is 163 Å². The number of methoxy groups -OCH3 is 1. The molecule has 0 spiro atoms. The number of carbonyl (C=O) groups is 2. The smallest absolute Gasteiger partial charge is 0.328 e. The summed E-state index contributed by atoms with van der Waals surface area (Å²) in [6.07, 6.45) is 6.01. The molecule has 28 heavy (non-hydrogen) atoms. The number of amides is 1. The number of pyridine rings is 1. The van der Waals surface area contributed by atoms with Gasteiger partial charge in [0, 0.05) is 37.0 Å². The minimum Gasteiger partial charge on any atom is -0.467 e. The van der Waals surface area contributed by atoms with Crippen LogP contribution in [0.1, 0.15) is 31.0 Å². The largest absolute Gasteiger partial charge is 0.467 e. The number of carbonyl (C=O) groups excluding carboxylic acids is 2. The highest BCUT2D eigenvalue weighted by Crippen LogP contribution is 2.36. The fraction of sp³-hybridized carbons (Fsp3) is 0.450. The Morgan fingerprint density at radius 3 is 2.64 bits per heavy atom. The quantitative estimate of drug-likeness (QED) is 0.789. The second-order valence-corrected chi connectivity index (χ2v) is 7.23. The molecule has 1 amide bonds. The van der Waals surface area contributed by atoms with Crippen LogP contribution in [-0.2, 0) is 27.3 Å². The van der Waals surface area contributed by atoms with Gasteiger partial charge in [-0.1, -0.05) is 0 Å². The molecule has 0 bridgehead atoms. The lowest BCUT2D eigenvalue weighted by molar-refractivity contribution is -0.142. The van der Waals surface area contributed by atoms with Crippen molar-refractivity contribution in [3.8, 4) is 11.4 Å². The van der Waals surface area contributed by atoms with Gasteiger partial charge in [0.2, 0.25) is 5.91 Å². The first kappa shape index (κ1) is 18.3. The van der Waals surface area contributed by atoms with Crippen LogP contribution in [0.2, 0.25) is 0 Å². The van der Waals surface area contributed by atoms with Crippen molar-refractivity contribution in [3.05, 3.63) is 35.8 Å². The van der Waals surface area contributed by atoms with Crippen LogP contribution in [0.15, 0.2) is 24.5 Å². The molecule has 1 atom stereocenters. The van der Waals surface area contributed by atoms with Gasteiger partial charge in [-0.3, -0.25) is 9.78 Å². The fourth-order valence-electron chi connectivity index (χ4n) is 3.52. The number of ether oxygens (including phenoxy) is 1. The number of rotatable bonds is 5. The maximum absolute atomic E-state index is 12.3. The Bertz CT molecular complexity index is 898. The van der Waals surface area contributed by atoms with Crippen LogP contribution in [0.5, 0.6) is 0 Å². The highest BCUT2D eigenvalue weighted by molar-refractivity contribution is 5.80. The molecule has 2 aliphatic rings. The molecule has 1 N–H and O–H groups in total. The van der Waals surface area contributed by atoms with Crippen molar-refractivity contribution in [2.24, 2.45) is 5.92 Å². The maximum atomic E-state index is 12.3. The first-order valence-electron chi connectivity index (χ1n) is 9.47. The third-order valence-electron chi connectivity index (χ3n) is 5.29. The standard InChI is InChI=1S/C20H23N5O3/c1-12(26)25-10-7-15-16(11-25)22-18(14-5-8-21-9-6-14)24-19(15)23-17(13-3-4-13)20(27)28-2/h5-6,8-9,13,17H,3-4,7,10-11H2,1-2H3,(H,22,23,24). The molecule has 1 unspecified atom stereocenters. The van der Waals surface area contributed by atoms with E-state index in [1.165, 1.54) is 7.11 Å². The van der Waals surface area contributed by atoms with E-state index >= 15 is 0 Å². The predicted octanol–water partition coefficient (Wildman–Crippen LogP) is 1.81. The van der Waals surface area contributed by atoms with E-state index in [4.69, 9.17) is 14.7 Å². The van der Waals surface area contributed by atoms with Crippen molar-refractivity contribution in [1.82, 2.24) is 19.9 Å². The normalized spacial score (nSPS) is 16.9. The van der Waals surface area contributed by atoms with Crippen molar-refractivity contribution in [3.63, 3.8) is 0 Å². The van der Waals surface area contributed by atoms with Gasteiger partial charge < -0.3 is 15.0 Å². The third kappa shape index (κ3) is 3.67. The number of nitrogens with one attached hydrogen (secondary N) is 1. The van der Waals surface area contributed by atoms with Gasteiger partial charge in [-0.15, -0.1) is 0 Å². The number of aromatic nitrogens is 3. The molecular weight excluding hydrogens is 358 g/mol. The van der Waals surface area contributed by atoms with E-state index in [2.05, 4.69) is 10.3 Å². The molecule has 146 valence electrons. The Balaban J connectivity index is 1.74. The van der Waals surface area contributed by atoms with Crippen LogP contribution in [0, 0.1) is 5.92 Å². The monoisotopic (exact) mass is 381 g/mol. The lowest BCUT2D eigenvalue weighted by atomic mass is 10.0. The summed E-state index contributed by atoms with van der Waals surface area (Å²) >= 11 is 0. The molecule has 8 heteroatoms. The van der Waals surface area contributed by atoms with Crippen LogP contribution >= 0.6 is 0 Å². The second-order valence-electron chi connectivity index (χ2n) is 7.23. The van der Waals surface area contributed by atoms with Crippen molar-refractivity contribution in [2.75, 3.05) is 19.0 Å². The zero-order valence-electron chi connectivity index (χ0n) is 16.0. The van der Waals surface area contributed by atoms with Crippen LogP contribution < -0.4 is 5.32 Å². The molecule has 1 fully saturated rings. The molecule has 1 aliphatic carbocycles. The summed E-state index contributed by atoms with van der Waals surface area (Å²) in [5.74, 6) is 1.21. The van der Waals surface area contributed by atoms with Crippen LogP contribution in [0.25, 0.3) is 11.4 Å². The summed E-state index contributed by atoms with van der Waals surface area (Å²) < 4.78 is 4.99. The highest BCUT2D eigenvalue weighted by Gasteiger charge is 2.38. The zero-order valence-corrected chi connectivity index (χ0v) is 16.0. The molecule has 0 aromatic carbocycles. The Kier molecular flexibility index (Phi) is 4.93. The number of fused-ring (bicyclic) bond motifs is 1. The molecule has 1 aliphatic heterocycles. The first-order valence-corrected chi connectivity index (χ1v) is 9.47. The molecule has 1 saturated carbocycles. The SMILES string of the molecule is COC(=O)C(Nc1nc(-c2ccncc2)nc2c1CCN(C(C)=O)C2)C1CC1.